The first kappa shape index (κ1) is 13.6. The van der Waals surface area contributed by atoms with Crippen LogP contribution in [0.25, 0.3) is 0 Å². The van der Waals surface area contributed by atoms with Gasteiger partial charge in [-0.25, -0.2) is 0 Å². The number of benzene rings is 1. The van der Waals surface area contributed by atoms with E-state index in [-0.39, 0.29) is 12.0 Å². The Hall–Kier alpha value is -1.35. The van der Waals surface area contributed by atoms with Crippen LogP contribution in [-0.2, 0) is 11.3 Å². The van der Waals surface area contributed by atoms with Gasteiger partial charge in [-0.3, -0.25) is 4.79 Å². The molecule has 3 aliphatic carbocycles. The van der Waals surface area contributed by atoms with Crippen LogP contribution in [0.2, 0.25) is 0 Å². The van der Waals surface area contributed by atoms with E-state index in [4.69, 9.17) is 0 Å². The highest BCUT2D eigenvalue weighted by atomic mass is 16.4. The summed E-state index contributed by atoms with van der Waals surface area (Å²) in [7, 11) is 0. The number of carbonyl (C=O) groups is 1. The van der Waals surface area contributed by atoms with Crippen LogP contribution in [0.5, 0.6) is 0 Å². The number of hydrogen-bond donors (Lipinski definition) is 2. The Labute approximate surface area is 120 Å². The molecule has 0 aliphatic heterocycles. The van der Waals surface area contributed by atoms with Crippen LogP contribution < -0.4 is 5.32 Å². The lowest BCUT2D eigenvalue weighted by atomic mass is 9.45. The second kappa shape index (κ2) is 4.88. The highest BCUT2D eigenvalue weighted by Gasteiger charge is 2.59. The Morgan fingerprint density at radius 3 is 2.60 bits per heavy atom. The van der Waals surface area contributed by atoms with E-state index in [1.54, 1.807) is 0 Å². The summed E-state index contributed by atoms with van der Waals surface area (Å²) in [6, 6.07) is 10.3. The average Bonchev–Trinajstić information content (AvgIpc) is 2.45. The molecular weight excluding hydrogens is 250 g/mol. The van der Waals surface area contributed by atoms with Crippen molar-refractivity contribution in [1.29, 1.82) is 0 Å². The molecule has 0 unspecified atom stereocenters. The molecule has 3 nitrogen and oxygen atoms in total. The molecule has 2 bridgehead atoms. The van der Waals surface area contributed by atoms with Gasteiger partial charge in [0.25, 0.3) is 0 Å². The maximum atomic E-state index is 11.5. The minimum atomic E-state index is -0.638. The average molecular weight is 273 g/mol. The van der Waals surface area contributed by atoms with Gasteiger partial charge in [0, 0.05) is 12.6 Å². The Bertz CT molecular complexity index is 497. The highest BCUT2D eigenvalue weighted by Crippen LogP contribution is 2.60. The van der Waals surface area contributed by atoms with Crippen LogP contribution in [-0.4, -0.2) is 17.1 Å². The largest absolute Gasteiger partial charge is 0.481 e. The van der Waals surface area contributed by atoms with E-state index in [1.807, 2.05) is 18.2 Å². The first-order valence-corrected chi connectivity index (χ1v) is 7.50. The summed E-state index contributed by atoms with van der Waals surface area (Å²) < 4.78 is 0. The van der Waals surface area contributed by atoms with Crippen molar-refractivity contribution in [2.24, 2.45) is 23.2 Å². The zero-order valence-corrected chi connectivity index (χ0v) is 12.2. The summed E-state index contributed by atoms with van der Waals surface area (Å²) in [6.45, 7) is 5.34. The Kier molecular flexibility index (Phi) is 3.33. The molecule has 3 fully saturated rings. The van der Waals surface area contributed by atoms with E-state index in [0.29, 0.717) is 17.3 Å². The molecule has 4 rings (SSSR count). The van der Waals surface area contributed by atoms with Gasteiger partial charge in [0.15, 0.2) is 0 Å². The Balaban J connectivity index is 1.72. The van der Waals surface area contributed by atoms with Crippen molar-refractivity contribution < 1.29 is 9.90 Å². The van der Waals surface area contributed by atoms with Crippen molar-refractivity contribution in [2.75, 3.05) is 0 Å². The maximum Gasteiger partial charge on any atom is 0.308 e. The smallest absolute Gasteiger partial charge is 0.308 e. The standard InChI is InChI=1S/C17H23NO2/c1-17(2)12-8-13(16(19)20)15(14(17)9-12)18-10-11-6-4-3-5-7-11/h3-7,12-15,18H,8-10H2,1-2H3,(H,19,20)/t12-,13-,14-,15-/m0/s1. The molecule has 0 saturated heterocycles. The molecule has 3 heteroatoms. The van der Waals surface area contributed by atoms with E-state index >= 15 is 0 Å². The summed E-state index contributed by atoms with van der Waals surface area (Å²) >= 11 is 0. The molecule has 0 radical (unpaired) electrons. The third-order valence-corrected chi connectivity index (χ3v) is 5.65. The van der Waals surface area contributed by atoms with Gasteiger partial charge in [-0.1, -0.05) is 44.2 Å². The van der Waals surface area contributed by atoms with Gasteiger partial charge >= 0.3 is 5.97 Å². The normalized spacial score (nSPS) is 34.3. The van der Waals surface area contributed by atoms with Crippen LogP contribution >= 0.6 is 0 Å². The van der Waals surface area contributed by atoms with Gasteiger partial charge < -0.3 is 10.4 Å². The van der Waals surface area contributed by atoms with E-state index in [0.717, 1.165) is 13.0 Å². The molecule has 0 amide bonds. The number of fused-ring (bicyclic) bond motifs is 2. The first-order valence-electron chi connectivity index (χ1n) is 7.50. The molecule has 108 valence electrons. The van der Waals surface area contributed by atoms with E-state index in [1.165, 1.54) is 12.0 Å². The van der Waals surface area contributed by atoms with Crippen LogP contribution in [0.4, 0.5) is 0 Å². The van der Waals surface area contributed by atoms with Crippen molar-refractivity contribution in [3.63, 3.8) is 0 Å². The summed E-state index contributed by atoms with van der Waals surface area (Å²) in [5.41, 5.74) is 1.51. The van der Waals surface area contributed by atoms with Crippen LogP contribution in [0.1, 0.15) is 32.3 Å². The molecule has 0 spiro atoms. The highest BCUT2D eigenvalue weighted by molar-refractivity contribution is 5.71. The van der Waals surface area contributed by atoms with Crippen LogP contribution in [0.3, 0.4) is 0 Å². The number of nitrogens with one attached hydrogen (secondary N) is 1. The number of carboxylic acid groups (broad SMARTS) is 1. The lowest BCUT2D eigenvalue weighted by Crippen LogP contribution is -2.63. The number of carboxylic acids is 1. The molecule has 0 aromatic heterocycles. The zero-order valence-electron chi connectivity index (χ0n) is 12.2. The lowest BCUT2D eigenvalue weighted by Gasteiger charge is -2.62. The molecule has 3 aliphatic rings. The molecule has 3 saturated carbocycles. The molecule has 20 heavy (non-hydrogen) atoms. The maximum absolute atomic E-state index is 11.5. The Morgan fingerprint density at radius 1 is 1.30 bits per heavy atom. The number of aliphatic carboxylic acids is 1. The number of rotatable bonds is 4. The summed E-state index contributed by atoms with van der Waals surface area (Å²) in [6.07, 6.45) is 2.01. The van der Waals surface area contributed by atoms with Crippen molar-refractivity contribution in [1.82, 2.24) is 5.32 Å². The van der Waals surface area contributed by atoms with Gasteiger partial charge in [0.2, 0.25) is 0 Å². The molecule has 2 N–H and O–H groups in total. The topological polar surface area (TPSA) is 49.3 Å². The molecule has 1 aromatic carbocycles. The summed E-state index contributed by atoms with van der Waals surface area (Å²) in [4.78, 5) is 11.5. The van der Waals surface area contributed by atoms with Crippen molar-refractivity contribution in [2.45, 2.75) is 39.3 Å². The quantitative estimate of drug-likeness (QED) is 0.887. The second-order valence-electron chi connectivity index (χ2n) is 6.93. The predicted octanol–water partition coefficient (Wildman–Crippen LogP) is 2.91. The van der Waals surface area contributed by atoms with E-state index in [9.17, 15) is 9.90 Å². The molecular formula is C17H23NO2. The molecule has 0 heterocycles. The van der Waals surface area contributed by atoms with E-state index in [2.05, 4.69) is 31.3 Å². The van der Waals surface area contributed by atoms with Gasteiger partial charge in [0.1, 0.15) is 0 Å². The second-order valence-corrected chi connectivity index (χ2v) is 6.93. The minimum Gasteiger partial charge on any atom is -0.481 e. The zero-order chi connectivity index (χ0) is 14.3. The monoisotopic (exact) mass is 273 g/mol. The lowest BCUT2D eigenvalue weighted by molar-refractivity contribution is -0.162. The SMILES string of the molecule is CC1(C)[C@H]2C[C@H](C(=O)O)[C@H](NCc3ccccc3)[C@@H]1C2. The first-order chi connectivity index (χ1) is 9.50. The minimum absolute atomic E-state index is 0.104. The number of hydrogen-bond acceptors (Lipinski definition) is 2. The fourth-order valence-corrected chi connectivity index (χ4v) is 4.17. The van der Waals surface area contributed by atoms with Gasteiger partial charge in [0.05, 0.1) is 5.92 Å². The third kappa shape index (κ3) is 2.14. The van der Waals surface area contributed by atoms with Gasteiger partial charge in [-0.15, -0.1) is 0 Å². The van der Waals surface area contributed by atoms with Crippen LogP contribution in [0, 0.1) is 23.2 Å². The molecule has 1 aromatic rings. The summed E-state index contributed by atoms with van der Waals surface area (Å²) in [5.74, 6) is 0.214. The van der Waals surface area contributed by atoms with Gasteiger partial charge in [-0.05, 0) is 35.7 Å². The predicted molar refractivity (Wildman–Crippen MR) is 78.2 cm³/mol. The fourth-order valence-electron chi connectivity index (χ4n) is 4.17. The van der Waals surface area contributed by atoms with Gasteiger partial charge in [-0.2, -0.15) is 0 Å². The van der Waals surface area contributed by atoms with Crippen molar-refractivity contribution in [3.05, 3.63) is 35.9 Å². The molecule has 4 atom stereocenters. The van der Waals surface area contributed by atoms with Crippen molar-refractivity contribution >= 4 is 5.97 Å². The van der Waals surface area contributed by atoms with Crippen molar-refractivity contribution in [3.8, 4) is 0 Å². The van der Waals surface area contributed by atoms with Crippen LogP contribution in [0.15, 0.2) is 30.3 Å². The van der Waals surface area contributed by atoms with E-state index < -0.39 is 5.97 Å². The fraction of sp³-hybridized carbons (Fsp3) is 0.588. The Morgan fingerprint density at radius 2 is 2.00 bits per heavy atom. The third-order valence-electron chi connectivity index (χ3n) is 5.65. The summed E-state index contributed by atoms with van der Waals surface area (Å²) in [5, 5.41) is 13.0.